The van der Waals surface area contributed by atoms with E-state index in [9.17, 15) is 18.0 Å². The van der Waals surface area contributed by atoms with Crippen LogP contribution < -0.4 is 10.6 Å². The molecule has 1 unspecified atom stereocenters. The van der Waals surface area contributed by atoms with E-state index in [1.807, 2.05) is 25.1 Å². The molecular formula is C18H22F3N3O2. The maximum atomic E-state index is 13.4. The van der Waals surface area contributed by atoms with Crippen LogP contribution in [0.2, 0.25) is 0 Å². The van der Waals surface area contributed by atoms with E-state index in [1.54, 1.807) is 6.92 Å². The molecule has 1 aliphatic heterocycles. The van der Waals surface area contributed by atoms with Crippen LogP contribution in [0.4, 0.5) is 13.2 Å². The van der Waals surface area contributed by atoms with Crippen molar-refractivity contribution < 1.29 is 22.4 Å². The maximum Gasteiger partial charge on any atom is 0.405 e. The van der Waals surface area contributed by atoms with E-state index >= 15 is 0 Å². The number of halogens is 3. The normalized spacial score (nSPS) is 17.4. The number of nitrogens with zero attached hydrogens (tertiary/aromatic N) is 1. The highest BCUT2D eigenvalue weighted by Gasteiger charge is 2.44. The predicted octanol–water partition coefficient (Wildman–Crippen LogP) is 2.62. The number of carbonyl (C=O) groups is 1. The maximum absolute atomic E-state index is 13.4. The first-order valence-electron chi connectivity index (χ1n) is 8.57. The lowest BCUT2D eigenvalue weighted by Gasteiger charge is -2.35. The minimum atomic E-state index is -4.41. The second-order valence-corrected chi connectivity index (χ2v) is 6.56. The Kier molecular flexibility index (Phi) is 5.24. The molecule has 1 amide bonds. The summed E-state index contributed by atoms with van der Waals surface area (Å²) in [6.45, 7) is 4.68. The topological polar surface area (TPSA) is 57.5 Å². The molecule has 1 fully saturated rings. The third kappa shape index (κ3) is 3.71. The van der Waals surface area contributed by atoms with Crippen LogP contribution in [0.15, 0.2) is 22.6 Å². The molecule has 26 heavy (non-hydrogen) atoms. The summed E-state index contributed by atoms with van der Waals surface area (Å²) in [5.41, 5.74) is 2.09. The van der Waals surface area contributed by atoms with Crippen molar-refractivity contribution in [1.29, 1.82) is 0 Å². The first kappa shape index (κ1) is 18.7. The number of alkyl halides is 3. The molecule has 5 nitrogen and oxygen atoms in total. The first-order chi connectivity index (χ1) is 12.3. The van der Waals surface area contributed by atoms with Gasteiger partial charge in [0, 0.05) is 43.7 Å². The number of rotatable bonds is 4. The number of fused-ring (bicyclic) bond motifs is 1. The Morgan fingerprint density at radius 1 is 1.31 bits per heavy atom. The number of piperazine rings is 1. The molecule has 0 aliphatic carbocycles. The van der Waals surface area contributed by atoms with Gasteiger partial charge in [-0.05, 0) is 19.4 Å². The van der Waals surface area contributed by atoms with Gasteiger partial charge in [-0.3, -0.25) is 9.69 Å². The Morgan fingerprint density at radius 3 is 2.62 bits per heavy atom. The lowest BCUT2D eigenvalue weighted by atomic mass is 10.1. The van der Waals surface area contributed by atoms with Crippen LogP contribution in [-0.4, -0.2) is 55.7 Å². The fourth-order valence-electron chi connectivity index (χ4n) is 3.32. The molecular weight excluding hydrogens is 347 g/mol. The van der Waals surface area contributed by atoms with Gasteiger partial charge in [-0.2, -0.15) is 13.2 Å². The molecule has 3 rings (SSSR count). The van der Waals surface area contributed by atoms with Crippen molar-refractivity contribution in [2.24, 2.45) is 0 Å². The van der Waals surface area contributed by atoms with Gasteiger partial charge in [0.15, 0.2) is 5.76 Å². The van der Waals surface area contributed by atoms with Crippen LogP contribution in [0.1, 0.15) is 21.7 Å². The van der Waals surface area contributed by atoms with Gasteiger partial charge in [0.2, 0.25) is 0 Å². The van der Waals surface area contributed by atoms with Gasteiger partial charge in [-0.15, -0.1) is 0 Å². The molecule has 8 heteroatoms. The summed E-state index contributed by atoms with van der Waals surface area (Å²) in [7, 11) is 0. The van der Waals surface area contributed by atoms with Crippen molar-refractivity contribution in [3.05, 3.63) is 35.1 Å². The first-order valence-corrected chi connectivity index (χ1v) is 8.57. The summed E-state index contributed by atoms with van der Waals surface area (Å²) in [6, 6.07) is 3.83. The van der Waals surface area contributed by atoms with E-state index in [-0.39, 0.29) is 5.76 Å². The number of carbonyl (C=O) groups excluding carboxylic acids is 1. The zero-order valence-corrected chi connectivity index (χ0v) is 14.7. The van der Waals surface area contributed by atoms with Crippen molar-refractivity contribution in [2.75, 3.05) is 32.7 Å². The monoisotopic (exact) mass is 369 g/mol. The van der Waals surface area contributed by atoms with E-state index in [2.05, 4.69) is 10.6 Å². The van der Waals surface area contributed by atoms with Crippen LogP contribution in [0.5, 0.6) is 0 Å². The number of hydrogen-bond acceptors (Lipinski definition) is 4. The van der Waals surface area contributed by atoms with Gasteiger partial charge in [0.1, 0.15) is 11.6 Å². The minimum absolute atomic E-state index is 0.0653. The number of furan rings is 1. The highest BCUT2D eigenvalue weighted by molar-refractivity contribution is 5.99. The smallest absolute Gasteiger partial charge is 0.405 e. The molecule has 2 aromatic rings. The molecule has 0 radical (unpaired) electrons. The van der Waals surface area contributed by atoms with Gasteiger partial charge in [-0.25, -0.2) is 0 Å². The SMILES string of the molecule is Cc1c(C(=O)NCC(N2CCNCC2)C(F)(F)F)oc2c(C)cccc12. The number of amides is 1. The van der Waals surface area contributed by atoms with E-state index < -0.39 is 24.7 Å². The Hall–Kier alpha value is -2.06. The summed E-state index contributed by atoms with van der Waals surface area (Å²) >= 11 is 0. The largest absolute Gasteiger partial charge is 0.450 e. The van der Waals surface area contributed by atoms with E-state index in [0.29, 0.717) is 37.3 Å². The molecule has 1 saturated heterocycles. The van der Waals surface area contributed by atoms with Gasteiger partial charge >= 0.3 is 6.18 Å². The summed E-state index contributed by atoms with van der Waals surface area (Å²) in [5, 5.41) is 6.23. The minimum Gasteiger partial charge on any atom is -0.450 e. The average molecular weight is 369 g/mol. The second-order valence-electron chi connectivity index (χ2n) is 6.56. The van der Waals surface area contributed by atoms with Crippen LogP contribution in [0, 0.1) is 13.8 Å². The second kappa shape index (κ2) is 7.28. The quantitative estimate of drug-likeness (QED) is 0.870. The number of para-hydroxylation sites is 1. The number of nitrogens with one attached hydrogen (secondary N) is 2. The van der Waals surface area contributed by atoms with Crippen molar-refractivity contribution in [2.45, 2.75) is 26.1 Å². The highest BCUT2D eigenvalue weighted by Crippen LogP contribution is 2.28. The predicted molar refractivity (Wildman–Crippen MR) is 92.3 cm³/mol. The molecule has 2 N–H and O–H groups in total. The number of hydrogen-bond donors (Lipinski definition) is 2. The van der Waals surface area contributed by atoms with E-state index in [1.165, 1.54) is 4.90 Å². The number of aryl methyl sites for hydroxylation is 2. The summed E-state index contributed by atoms with van der Waals surface area (Å²) in [5.74, 6) is -0.557. The molecule has 0 saturated carbocycles. The van der Waals surface area contributed by atoms with Crippen LogP contribution in [0.25, 0.3) is 11.0 Å². The Labute approximate surface area is 149 Å². The summed E-state index contributed by atoms with van der Waals surface area (Å²) < 4.78 is 45.9. The fraction of sp³-hybridized carbons (Fsp3) is 0.500. The lowest BCUT2D eigenvalue weighted by Crippen LogP contribution is -2.57. The van der Waals surface area contributed by atoms with Crippen LogP contribution >= 0.6 is 0 Å². The van der Waals surface area contributed by atoms with Crippen molar-refractivity contribution in [3.8, 4) is 0 Å². The van der Waals surface area contributed by atoms with Gasteiger partial charge in [0.05, 0.1) is 0 Å². The third-order valence-corrected chi connectivity index (χ3v) is 4.79. The Bertz CT molecular complexity index is 795. The summed E-state index contributed by atoms with van der Waals surface area (Å²) in [6.07, 6.45) is -4.41. The zero-order chi connectivity index (χ0) is 18.9. The third-order valence-electron chi connectivity index (χ3n) is 4.79. The molecule has 142 valence electrons. The molecule has 2 heterocycles. The number of benzene rings is 1. The van der Waals surface area contributed by atoms with Gasteiger partial charge in [-0.1, -0.05) is 18.2 Å². The standard InChI is InChI=1S/C18H22F3N3O2/c1-11-4-3-5-13-12(2)16(26-15(11)13)17(25)23-10-14(18(19,20)21)24-8-6-22-7-9-24/h3-5,14,22H,6-10H2,1-2H3,(H,23,25). The van der Waals surface area contributed by atoms with Crippen molar-refractivity contribution in [1.82, 2.24) is 15.5 Å². The molecule has 1 aliphatic rings. The summed E-state index contributed by atoms with van der Waals surface area (Å²) in [4.78, 5) is 13.8. The zero-order valence-electron chi connectivity index (χ0n) is 14.7. The van der Waals surface area contributed by atoms with Crippen LogP contribution in [0.3, 0.4) is 0 Å². The van der Waals surface area contributed by atoms with Crippen LogP contribution in [-0.2, 0) is 0 Å². The Morgan fingerprint density at radius 2 is 2.00 bits per heavy atom. The highest BCUT2D eigenvalue weighted by atomic mass is 19.4. The fourth-order valence-corrected chi connectivity index (χ4v) is 3.32. The van der Waals surface area contributed by atoms with E-state index in [4.69, 9.17) is 4.42 Å². The molecule has 0 bridgehead atoms. The van der Waals surface area contributed by atoms with Crippen molar-refractivity contribution >= 4 is 16.9 Å². The lowest BCUT2D eigenvalue weighted by molar-refractivity contribution is -0.183. The molecule has 0 spiro atoms. The molecule has 1 atom stereocenters. The molecule has 1 aromatic heterocycles. The average Bonchev–Trinajstić information content (AvgIpc) is 2.93. The van der Waals surface area contributed by atoms with Crippen molar-refractivity contribution in [3.63, 3.8) is 0 Å². The Balaban J connectivity index is 1.76. The van der Waals surface area contributed by atoms with Gasteiger partial charge in [0.25, 0.3) is 5.91 Å². The van der Waals surface area contributed by atoms with E-state index in [0.717, 1.165) is 10.9 Å². The van der Waals surface area contributed by atoms with Gasteiger partial charge < -0.3 is 15.1 Å². The molecule has 1 aromatic carbocycles.